The number of hydrogen-bond donors (Lipinski definition) is 0. The highest BCUT2D eigenvalue weighted by Crippen LogP contribution is 2.20. The molecular weight excluding hydrogens is 228 g/mol. The molecule has 0 fully saturated rings. The minimum Gasteiger partial charge on any atom is -0.0654 e. The summed E-state index contributed by atoms with van der Waals surface area (Å²) in [5.41, 5.74) is 0. The summed E-state index contributed by atoms with van der Waals surface area (Å²) in [5, 5.41) is 0. The van der Waals surface area contributed by atoms with Gasteiger partial charge in [0.15, 0.2) is 0 Å². The van der Waals surface area contributed by atoms with Gasteiger partial charge >= 0.3 is 0 Å². The molecule has 1 atom stereocenters. The maximum Gasteiger partial charge on any atom is -0.0417 e. The molecular formula is C19H39. The highest BCUT2D eigenvalue weighted by atomic mass is 14.1. The van der Waals surface area contributed by atoms with Gasteiger partial charge in [0.1, 0.15) is 0 Å². The quantitative estimate of drug-likeness (QED) is 0.272. The fraction of sp³-hybridized carbons (Fsp3) is 0.947. The fourth-order valence-electron chi connectivity index (χ4n) is 2.91. The SMILES string of the molecule is [CH2]CCCC(CC)CCCCCCCCCCCC. The Morgan fingerprint density at radius 3 is 1.58 bits per heavy atom. The average Bonchev–Trinajstić information content (AvgIpc) is 2.44. The molecule has 1 radical (unpaired) electrons. The van der Waals surface area contributed by atoms with Crippen LogP contribution in [0, 0.1) is 12.8 Å². The van der Waals surface area contributed by atoms with Gasteiger partial charge in [-0.05, 0) is 5.92 Å². The van der Waals surface area contributed by atoms with Crippen LogP contribution in [-0.4, -0.2) is 0 Å². The molecule has 0 aliphatic carbocycles. The van der Waals surface area contributed by atoms with Crippen LogP contribution in [0.1, 0.15) is 110 Å². The normalized spacial score (nSPS) is 12.8. The predicted octanol–water partition coefficient (Wildman–Crippen LogP) is 7.33. The Morgan fingerprint density at radius 2 is 1.11 bits per heavy atom. The van der Waals surface area contributed by atoms with Crippen molar-refractivity contribution in [3.63, 3.8) is 0 Å². The van der Waals surface area contributed by atoms with E-state index in [1.54, 1.807) is 0 Å². The van der Waals surface area contributed by atoms with E-state index in [4.69, 9.17) is 0 Å². The van der Waals surface area contributed by atoms with Crippen LogP contribution in [0.3, 0.4) is 0 Å². The standard InChI is InChI=1S/C19H39/c1-4-7-9-10-11-12-13-14-15-16-18-19(6-3)17-8-5-2/h19H,2,4-18H2,1,3H3. The van der Waals surface area contributed by atoms with Crippen molar-refractivity contribution in [3.05, 3.63) is 6.92 Å². The van der Waals surface area contributed by atoms with E-state index in [-0.39, 0.29) is 0 Å². The fourth-order valence-corrected chi connectivity index (χ4v) is 2.91. The molecule has 0 spiro atoms. The van der Waals surface area contributed by atoms with Gasteiger partial charge in [-0.1, -0.05) is 117 Å². The summed E-state index contributed by atoms with van der Waals surface area (Å²) in [6.45, 7) is 8.59. The van der Waals surface area contributed by atoms with E-state index in [1.165, 1.54) is 89.9 Å². The van der Waals surface area contributed by atoms with Gasteiger partial charge in [-0.3, -0.25) is 0 Å². The van der Waals surface area contributed by atoms with Crippen LogP contribution in [0.4, 0.5) is 0 Å². The predicted molar refractivity (Wildman–Crippen MR) is 89.5 cm³/mol. The third-order valence-electron chi connectivity index (χ3n) is 4.41. The zero-order chi connectivity index (χ0) is 14.2. The summed E-state index contributed by atoms with van der Waals surface area (Å²) < 4.78 is 0. The Morgan fingerprint density at radius 1 is 0.632 bits per heavy atom. The minimum atomic E-state index is 0.982. The Labute approximate surface area is 123 Å². The van der Waals surface area contributed by atoms with Crippen molar-refractivity contribution in [1.82, 2.24) is 0 Å². The molecule has 0 aliphatic heterocycles. The molecule has 115 valence electrons. The van der Waals surface area contributed by atoms with Crippen molar-refractivity contribution < 1.29 is 0 Å². The first kappa shape index (κ1) is 19.0. The maximum absolute atomic E-state index is 3.95. The van der Waals surface area contributed by atoms with Crippen molar-refractivity contribution in [2.45, 2.75) is 110 Å². The van der Waals surface area contributed by atoms with Gasteiger partial charge in [0, 0.05) is 0 Å². The first-order chi connectivity index (χ1) is 9.35. The van der Waals surface area contributed by atoms with Gasteiger partial charge in [-0.25, -0.2) is 0 Å². The van der Waals surface area contributed by atoms with Crippen molar-refractivity contribution in [1.29, 1.82) is 0 Å². The smallest absolute Gasteiger partial charge is 0.0417 e. The number of rotatable bonds is 15. The molecule has 0 aromatic rings. The number of unbranched alkanes of at least 4 members (excludes halogenated alkanes) is 10. The largest absolute Gasteiger partial charge is 0.0654 e. The lowest BCUT2D eigenvalue weighted by molar-refractivity contribution is 0.402. The van der Waals surface area contributed by atoms with E-state index >= 15 is 0 Å². The molecule has 0 heterocycles. The van der Waals surface area contributed by atoms with E-state index in [9.17, 15) is 0 Å². The van der Waals surface area contributed by atoms with Gasteiger partial charge in [-0.15, -0.1) is 0 Å². The van der Waals surface area contributed by atoms with E-state index in [1.807, 2.05) is 0 Å². The zero-order valence-electron chi connectivity index (χ0n) is 13.9. The average molecular weight is 268 g/mol. The first-order valence-electron chi connectivity index (χ1n) is 9.14. The number of hydrogen-bond acceptors (Lipinski definition) is 0. The van der Waals surface area contributed by atoms with E-state index in [2.05, 4.69) is 20.8 Å². The van der Waals surface area contributed by atoms with Crippen molar-refractivity contribution in [2.24, 2.45) is 5.92 Å². The van der Waals surface area contributed by atoms with E-state index < -0.39 is 0 Å². The molecule has 0 heteroatoms. The second kappa shape index (κ2) is 16.1. The van der Waals surface area contributed by atoms with E-state index in [0.29, 0.717) is 0 Å². The van der Waals surface area contributed by atoms with Crippen molar-refractivity contribution >= 4 is 0 Å². The van der Waals surface area contributed by atoms with Gasteiger partial charge in [0.05, 0.1) is 0 Å². The Balaban J connectivity index is 3.16. The highest BCUT2D eigenvalue weighted by Gasteiger charge is 2.04. The molecule has 0 amide bonds. The zero-order valence-corrected chi connectivity index (χ0v) is 13.9. The molecule has 0 saturated heterocycles. The summed E-state index contributed by atoms with van der Waals surface area (Å²) in [5.74, 6) is 0.982. The highest BCUT2D eigenvalue weighted by molar-refractivity contribution is 4.59. The van der Waals surface area contributed by atoms with Crippen LogP contribution in [0.5, 0.6) is 0 Å². The first-order valence-corrected chi connectivity index (χ1v) is 9.14. The van der Waals surface area contributed by atoms with Gasteiger partial charge in [0.2, 0.25) is 0 Å². The van der Waals surface area contributed by atoms with E-state index in [0.717, 1.165) is 12.3 Å². The minimum absolute atomic E-state index is 0.982. The van der Waals surface area contributed by atoms with Crippen LogP contribution < -0.4 is 0 Å². The van der Waals surface area contributed by atoms with Gasteiger partial charge < -0.3 is 0 Å². The molecule has 0 aromatic heterocycles. The second-order valence-electron chi connectivity index (χ2n) is 6.24. The summed E-state index contributed by atoms with van der Waals surface area (Å²) in [4.78, 5) is 0. The van der Waals surface area contributed by atoms with Crippen molar-refractivity contribution in [3.8, 4) is 0 Å². The third kappa shape index (κ3) is 14.2. The van der Waals surface area contributed by atoms with Gasteiger partial charge in [-0.2, -0.15) is 0 Å². The van der Waals surface area contributed by atoms with Gasteiger partial charge in [0.25, 0.3) is 0 Å². The summed E-state index contributed by atoms with van der Waals surface area (Å²) in [7, 11) is 0. The van der Waals surface area contributed by atoms with Crippen LogP contribution >= 0.6 is 0 Å². The van der Waals surface area contributed by atoms with Crippen LogP contribution in [0.2, 0.25) is 0 Å². The summed E-state index contributed by atoms with van der Waals surface area (Å²) in [6, 6.07) is 0. The second-order valence-corrected chi connectivity index (χ2v) is 6.24. The molecule has 0 rings (SSSR count). The lowest BCUT2D eigenvalue weighted by atomic mass is 9.93. The summed E-state index contributed by atoms with van der Waals surface area (Å²) in [6.07, 6.45) is 21.3. The third-order valence-corrected chi connectivity index (χ3v) is 4.41. The topological polar surface area (TPSA) is 0 Å². The molecule has 1 unspecified atom stereocenters. The molecule has 0 bridgehead atoms. The maximum atomic E-state index is 3.95. The molecule has 19 heavy (non-hydrogen) atoms. The molecule has 0 saturated carbocycles. The molecule has 0 aliphatic rings. The van der Waals surface area contributed by atoms with Crippen LogP contribution in [-0.2, 0) is 0 Å². The lowest BCUT2D eigenvalue weighted by Gasteiger charge is -2.13. The van der Waals surface area contributed by atoms with Crippen LogP contribution in [0.15, 0.2) is 0 Å². The van der Waals surface area contributed by atoms with Crippen LogP contribution in [0.25, 0.3) is 0 Å². The monoisotopic (exact) mass is 267 g/mol. The molecule has 0 N–H and O–H groups in total. The summed E-state index contributed by atoms with van der Waals surface area (Å²) >= 11 is 0. The van der Waals surface area contributed by atoms with Crippen molar-refractivity contribution in [2.75, 3.05) is 0 Å². The lowest BCUT2D eigenvalue weighted by Crippen LogP contribution is -1.98. The Hall–Kier alpha value is 0. The molecule has 0 nitrogen and oxygen atoms in total. The Bertz CT molecular complexity index is 150. The molecule has 0 aromatic carbocycles. The Kier molecular flexibility index (Phi) is 16.1.